The van der Waals surface area contributed by atoms with Crippen LogP contribution in [-0.4, -0.2) is 33.4 Å². The average Bonchev–Trinajstić information content (AvgIpc) is 3.24. The summed E-state index contributed by atoms with van der Waals surface area (Å²) in [6, 6.07) is 0. The number of hydroxylamine groups is 2. The van der Waals surface area contributed by atoms with Gasteiger partial charge in [-0.1, -0.05) is 11.6 Å². The first-order valence-electron chi connectivity index (χ1n) is 6.33. The SMILES string of the molecule is O=C(N=C1C=NC(=C2C(F)=CN(O)C=C2F)C(Cl)=N1)C1CC1. The summed E-state index contributed by atoms with van der Waals surface area (Å²) in [4.78, 5) is 22.9. The maximum atomic E-state index is 13.8. The van der Waals surface area contributed by atoms with Gasteiger partial charge in [-0.05, 0) is 12.8 Å². The number of rotatable bonds is 1. The van der Waals surface area contributed by atoms with E-state index in [9.17, 15) is 13.6 Å². The second-order valence-electron chi connectivity index (χ2n) is 4.80. The van der Waals surface area contributed by atoms with Crippen molar-refractivity contribution in [2.75, 3.05) is 0 Å². The topological polar surface area (TPSA) is 77.6 Å². The molecule has 0 aromatic carbocycles. The van der Waals surface area contributed by atoms with Crippen molar-refractivity contribution in [3.05, 3.63) is 35.3 Å². The van der Waals surface area contributed by atoms with Gasteiger partial charge in [-0.15, -0.1) is 0 Å². The minimum atomic E-state index is -1.06. The number of amidine groups is 1. The van der Waals surface area contributed by atoms with Crippen LogP contribution in [0.5, 0.6) is 0 Å². The summed E-state index contributed by atoms with van der Waals surface area (Å²) < 4.78 is 27.6. The molecule has 0 atom stereocenters. The van der Waals surface area contributed by atoms with E-state index in [-0.39, 0.29) is 33.6 Å². The molecule has 9 heteroatoms. The van der Waals surface area contributed by atoms with Crippen LogP contribution in [-0.2, 0) is 4.79 Å². The van der Waals surface area contributed by atoms with Crippen LogP contribution in [0.2, 0.25) is 0 Å². The molecule has 0 aromatic rings. The molecule has 0 radical (unpaired) electrons. The zero-order valence-corrected chi connectivity index (χ0v) is 11.8. The standard InChI is InChI=1S/C13H9ClF2N4O2/c14-12-11(10-7(15)4-20(22)5-8(10)16)17-3-9(18-12)19-13(21)6-1-2-6/h3-6,22H,1-2H2. The van der Waals surface area contributed by atoms with Crippen LogP contribution in [0, 0.1) is 5.92 Å². The zero-order valence-electron chi connectivity index (χ0n) is 11.0. The molecule has 0 spiro atoms. The molecular weight excluding hydrogens is 318 g/mol. The van der Waals surface area contributed by atoms with E-state index in [0.717, 1.165) is 19.1 Å². The Morgan fingerprint density at radius 3 is 2.55 bits per heavy atom. The van der Waals surface area contributed by atoms with E-state index in [1.54, 1.807) is 0 Å². The lowest BCUT2D eigenvalue weighted by Gasteiger charge is -2.17. The summed E-state index contributed by atoms with van der Waals surface area (Å²) in [5.74, 6) is -2.52. The second-order valence-corrected chi connectivity index (χ2v) is 5.16. The number of nitrogens with zero attached hydrogens (tertiary/aromatic N) is 4. The maximum absolute atomic E-state index is 13.8. The maximum Gasteiger partial charge on any atom is 0.250 e. The highest BCUT2D eigenvalue weighted by Gasteiger charge is 2.30. The summed E-state index contributed by atoms with van der Waals surface area (Å²) in [6.45, 7) is 0. The summed E-state index contributed by atoms with van der Waals surface area (Å²) in [5, 5.41) is 9.00. The van der Waals surface area contributed by atoms with Crippen molar-refractivity contribution in [1.29, 1.82) is 0 Å². The summed E-state index contributed by atoms with van der Waals surface area (Å²) in [5.41, 5.74) is -0.766. The molecule has 6 nitrogen and oxygen atoms in total. The van der Waals surface area contributed by atoms with Crippen LogP contribution in [0.4, 0.5) is 8.78 Å². The molecule has 1 fully saturated rings. The summed E-state index contributed by atoms with van der Waals surface area (Å²) in [7, 11) is 0. The highest BCUT2D eigenvalue weighted by molar-refractivity contribution is 6.71. The summed E-state index contributed by atoms with van der Waals surface area (Å²) in [6.07, 6.45) is 4.02. The third-order valence-corrected chi connectivity index (χ3v) is 3.34. The molecule has 0 bridgehead atoms. The van der Waals surface area contributed by atoms with E-state index in [0.29, 0.717) is 12.4 Å². The minimum absolute atomic E-state index is 0.0142. The quantitative estimate of drug-likeness (QED) is 0.804. The Morgan fingerprint density at radius 2 is 2.00 bits per heavy atom. The predicted molar refractivity (Wildman–Crippen MR) is 76.0 cm³/mol. The van der Waals surface area contributed by atoms with Crippen LogP contribution < -0.4 is 0 Å². The first-order chi connectivity index (χ1) is 10.5. The van der Waals surface area contributed by atoms with Gasteiger partial charge < -0.3 is 0 Å². The Kier molecular flexibility index (Phi) is 3.71. The number of carbonyl (C=O) groups excluding carboxylic acids is 1. The first-order valence-corrected chi connectivity index (χ1v) is 6.71. The minimum Gasteiger partial charge on any atom is -0.284 e. The van der Waals surface area contributed by atoms with Crippen LogP contribution in [0.25, 0.3) is 0 Å². The fraction of sp³-hybridized carbons (Fsp3) is 0.231. The van der Waals surface area contributed by atoms with Crippen LogP contribution in [0.3, 0.4) is 0 Å². The van der Waals surface area contributed by atoms with Gasteiger partial charge in [0.25, 0.3) is 5.91 Å². The highest BCUT2D eigenvalue weighted by atomic mass is 35.5. The number of hydrogen-bond donors (Lipinski definition) is 1. The molecule has 114 valence electrons. The largest absolute Gasteiger partial charge is 0.284 e. The van der Waals surface area contributed by atoms with Crippen molar-refractivity contribution >= 4 is 34.7 Å². The number of amides is 1. The third-order valence-electron chi connectivity index (χ3n) is 3.07. The molecule has 1 saturated carbocycles. The lowest BCUT2D eigenvalue weighted by molar-refractivity contribution is -0.118. The van der Waals surface area contributed by atoms with Crippen molar-refractivity contribution in [3.63, 3.8) is 0 Å². The molecule has 0 unspecified atom stereocenters. The van der Waals surface area contributed by atoms with E-state index in [2.05, 4.69) is 15.0 Å². The van der Waals surface area contributed by atoms with Gasteiger partial charge in [-0.2, -0.15) is 4.99 Å². The Hall–Kier alpha value is -2.19. The Balaban J connectivity index is 1.94. The van der Waals surface area contributed by atoms with Crippen molar-refractivity contribution in [2.45, 2.75) is 12.8 Å². The van der Waals surface area contributed by atoms with E-state index >= 15 is 0 Å². The second kappa shape index (κ2) is 5.54. The van der Waals surface area contributed by atoms with Crippen molar-refractivity contribution in [2.24, 2.45) is 20.9 Å². The number of aliphatic imine (C=N–C) groups is 3. The summed E-state index contributed by atoms with van der Waals surface area (Å²) >= 11 is 5.88. The van der Waals surface area contributed by atoms with Gasteiger partial charge in [-0.25, -0.2) is 23.8 Å². The monoisotopic (exact) mass is 326 g/mol. The molecule has 1 N–H and O–H groups in total. The Labute approximate surface area is 128 Å². The van der Waals surface area contributed by atoms with Gasteiger partial charge in [0.15, 0.2) is 22.7 Å². The number of allylic oxidation sites excluding steroid dienone is 4. The van der Waals surface area contributed by atoms with Crippen LogP contribution in [0.15, 0.2) is 50.3 Å². The molecule has 3 rings (SSSR count). The molecule has 22 heavy (non-hydrogen) atoms. The van der Waals surface area contributed by atoms with Crippen molar-refractivity contribution < 1.29 is 18.8 Å². The number of hydrogen-bond acceptors (Lipinski definition) is 4. The van der Waals surface area contributed by atoms with Gasteiger partial charge in [0.2, 0.25) is 0 Å². The molecular formula is C13H9ClF2N4O2. The number of halogens is 3. The molecule has 0 aromatic heterocycles. The fourth-order valence-corrected chi connectivity index (χ4v) is 2.08. The fourth-order valence-electron chi connectivity index (χ4n) is 1.85. The van der Waals surface area contributed by atoms with Crippen molar-refractivity contribution in [1.82, 2.24) is 5.06 Å². The van der Waals surface area contributed by atoms with Gasteiger partial charge in [0.1, 0.15) is 5.70 Å². The number of carbonyl (C=O) groups is 1. The van der Waals surface area contributed by atoms with Gasteiger partial charge >= 0.3 is 0 Å². The Morgan fingerprint density at radius 1 is 1.36 bits per heavy atom. The predicted octanol–water partition coefficient (Wildman–Crippen LogP) is 2.62. The van der Waals surface area contributed by atoms with Crippen LogP contribution in [0.1, 0.15) is 12.8 Å². The third kappa shape index (κ3) is 2.88. The van der Waals surface area contributed by atoms with Crippen molar-refractivity contribution in [3.8, 4) is 0 Å². The molecule has 2 heterocycles. The lowest BCUT2D eigenvalue weighted by Crippen LogP contribution is -2.16. The molecule has 3 aliphatic rings. The van der Waals surface area contributed by atoms with E-state index in [1.807, 2.05) is 0 Å². The Bertz CT molecular complexity index is 710. The average molecular weight is 327 g/mol. The van der Waals surface area contributed by atoms with Gasteiger partial charge in [-0.3, -0.25) is 10.0 Å². The van der Waals surface area contributed by atoms with Gasteiger partial charge in [0.05, 0.1) is 24.2 Å². The lowest BCUT2D eigenvalue weighted by atomic mass is 10.1. The van der Waals surface area contributed by atoms with E-state index in [1.165, 1.54) is 0 Å². The molecule has 2 aliphatic heterocycles. The first kappa shape index (κ1) is 14.7. The molecule has 1 amide bonds. The molecule has 0 saturated heterocycles. The van der Waals surface area contributed by atoms with Gasteiger partial charge in [0, 0.05) is 5.92 Å². The smallest absolute Gasteiger partial charge is 0.250 e. The molecule has 1 aliphatic carbocycles. The normalized spacial score (nSPS) is 23.5. The zero-order chi connectivity index (χ0) is 15.9. The highest BCUT2D eigenvalue weighted by Crippen LogP contribution is 2.33. The van der Waals surface area contributed by atoms with E-state index in [4.69, 9.17) is 16.8 Å². The van der Waals surface area contributed by atoms with Crippen LogP contribution >= 0.6 is 11.6 Å². The van der Waals surface area contributed by atoms with E-state index < -0.39 is 17.2 Å².